The lowest BCUT2D eigenvalue weighted by Crippen LogP contribution is -2.18. The van der Waals surface area contributed by atoms with E-state index in [1.165, 1.54) is 17.8 Å². The van der Waals surface area contributed by atoms with Gasteiger partial charge in [-0.05, 0) is 30.7 Å². The number of carbonyl (C=O) groups is 2. The van der Waals surface area contributed by atoms with Gasteiger partial charge in [-0.3, -0.25) is 14.9 Å². The van der Waals surface area contributed by atoms with Crippen LogP contribution < -0.4 is 10.6 Å². The van der Waals surface area contributed by atoms with E-state index in [0.717, 1.165) is 24.3 Å². The van der Waals surface area contributed by atoms with Gasteiger partial charge in [0.15, 0.2) is 0 Å². The summed E-state index contributed by atoms with van der Waals surface area (Å²) in [5.41, 5.74) is 1.18. The number of aromatic nitrogens is 2. The molecular weight excluding hydrogens is 336 g/mol. The van der Waals surface area contributed by atoms with Crippen LogP contribution in [-0.2, 0) is 11.2 Å². The van der Waals surface area contributed by atoms with E-state index in [2.05, 4.69) is 27.8 Å². The summed E-state index contributed by atoms with van der Waals surface area (Å²) in [4.78, 5) is 23.9. The Balaban J connectivity index is 1.91. The topological polar surface area (TPSA) is 84.0 Å². The maximum atomic E-state index is 12.3. The average molecular weight is 360 g/mol. The standard InChI is InChI=1S/C18H24N4O2S/c1-4-5-6-7-15-21-22-18(25-15)20-17(24)13-8-10-14(11-9-13)19-16(23)12(2)3/h8-12H,4-7H2,1-3H3,(H,19,23)(H,20,22,24). The van der Waals surface area contributed by atoms with Gasteiger partial charge in [0.1, 0.15) is 5.01 Å². The summed E-state index contributed by atoms with van der Waals surface area (Å²) in [6.07, 6.45) is 4.31. The van der Waals surface area contributed by atoms with Crippen molar-refractivity contribution in [2.75, 3.05) is 10.6 Å². The minimum absolute atomic E-state index is 0.0540. The van der Waals surface area contributed by atoms with Crippen LogP contribution in [0, 0.1) is 5.92 Å². The van der Waals surface area contributed by atoms with Crippen molar-refractivity contribution >= 4 is 34.0 Å². The molecule has 2 rings (SSSR count). The first-order chi connectivity index (χ1) is 12.0. The van der Waals surface area contributed by atoms with Crippen LogP contribution in [0.3, 0.4) is 0 Å². The number of unbranched alkanes of at least 4 members (excludes halogenated alkanes) is 2. The largest absolute Gasteiger partial charge is 0.326 e. The normalized spacial score (nSPS) is 10.7. The van der Waals surface area contributed by atoms with Crippen LogP contribution >= 0.6 is 11.3 Å². The number of benzene rings is 1. The summed E-state index contributed by atoms with van der Waals surface area (Å²) < 4.78 is 0. The quantitative estimate of drug-likeness (QED) is 0.694. The molecule has 2 amide bonds. The van der Waals surface area contributed by atoms with Gasteiger partial charge in [-0.25, -0.2) is 0 Å². The highest BCUT2D eigenvalue weighted by Gasteiger charge is 2.11. The fourth-order valence-electron chi connectivity index (χ4n) is 2.09. The minimum atomic E-state index is -0.238. The van der Waals surface area contributed by atoms with E-state index in [0.29, 0.717) is 16.4 Å². The summed E-state index contributed by atoms with van der Waals surface area (Å²) in [7, 11) is 0. The molecule has 1 aromatic heterocycles. The predicted octanol–water partition coefficient (Wildman–Crippen LogP) is 4.12. The molecule has 134 valence electrons. The van der Waals surface area contributed by atoms with Crippen LogP contribution in [0.15, 0.2) is 24.3 Å². The number of nitrogens with one attached hydrogen (secondary N) is 2. The molecule has 7 heteroatoms. The highest BCUT2D eigenvalue weighted by Crippen LogP contribution is 2.19. The lowest BCUT2D eigenvalue weighted by atomic mass is 10.1. The van der Waals surface area contributed by atoms with Crippen molar-refractivity contribution in [1.82, 2.24) is 10.2 Å². The molecule has 0 atom stereocenters. The van der Waals surface area contributed by atoms with Crippen molar-refractivity contribution in [3.8, 4) is 0 Å². The summed E-state index contributed by atoms with van der Waals surface area (Å²) in [6.45, 7) is 5.82. The first kappa shape index (κ1) is 19.1. The lowest BCUT2D eigenvalue weighted by Gasteiger charge is -2.08. The number of nitrogens with zero attached hydrogens (tertiary/aromatic N) is 2. The number of hydrogen-bond acceptors (Lipinski definition) is 5. The van der Waals surface area contributed by atoms with Crippen molar-refractivity contribution in [2.24, 2.45) is 5.92 Å². The van der Waals surface area contributed by atoms with Crippen molar-refractivity contribution in [1.29, 1.82) is 0 Å². The third-order valence-electron chi connectivity index (χ3n) is 3.62. The molecule has 0 radical (unpaired) electrons. The Morgan fingerprint density at radius 3 is 2.44 bits per heavy atom. The Kier molecular flexibility index (Phi) is 7.06. The third-order valence-corrected chi connectivity index (χ3v) is 4.52. The zero-order valence-electron chi connectivity index (χ0n) is 14.8. The zero-order chi connectivity index (χ0) is 18.2. The molecule has 1 aromatic carbocycles. The van der Waals surface area contributed by atoms with Gasteiger partial charge in [-0.2, -0.15) is 0 Å². The SMILES string of the molecule is CCCCCc1nnc(NC(=O)c2ccc(NC(=O)C(C)C)cc2)s1. The van der Waals surface area contributed by atoms with E-state index in [4.69, 9.17) is 0 Å². The molecule has 25 heavy (non-hydrogen) atoms. The maximum absolute atomic E-state index is 12.3. The highest BCUT2D eigenvalue weighted by molar-refractivity contribution is 7.15. The van der Waals surface area contributed by atoms with Gasteiger partial charge in [-0.1, -0.05) is 44.9 Å². The average Bonchev–Trinajstić information content (AvgIpc) is 3.03. The highest BCUT2D eigenvalue weighted by atomic mass is 32.1. The van der Waals surface area contributed by atoms with E-state index in [1.54, 1.807) is 24.3 Å². The Hall–Kier alpha value is -2.28. The molecule has 0 aliphatic heterocycles. The van der Waals surface area contributed by atoms with Crippen molar-refractivity contribution in [2.45, 2.75) is 46.5 Å². The summed E-state index contributed by atoms with van der Waals surface area (Å²) in [6, 6.07) is 6.78. The van der Waals surface area contributed by atoms with E-state index >= 15 is 0 Å². The summed E-state index contributed by atoms with van der Waals surface area (Å²) in [5.74, 6) is -0.383. The molecule has 0 fully saturated rings. The summed E-state index contributed by atoms with van der Waals surface area (Å²) in [5, 5.41) is 15.1. The Bertz CT molecular complexity index is 710. The molecule has 0 saturated carbocycles. The molecule has 0 aliphatic rings. The molecule has 2 N–H and O–H groups in total. The van der Waals surface area contributed by atoms with Gasteiger partial charge in [0.05, 0.1) is 0 Å². The molecule has 0 saturated heterocycles. The first-order valence-electron chi connectivity index (χ1n) is 8.54. The van der Waals surface area contributed by atoms with E-state index in [-0.39, 0.29) is 17.7 Å². The maximum Gasteiger partial charge on any atom is 0.257 e. The Morgan fingerprint density at radius 2 is 1.80 bits per heavy atom. The monoisotopic (exact) mass is 360 g/mol. The predicted molar refractivity (Wildman–Crippen MR) is 101 cm³/mol. The number of hydrogen-bond donors (Lipinski definition) is 2. The van der Waals surface area contributed by atoms with Gasteiger partial charge in [0, 0.05) is 23.6 Å². The van der Waals surface area contributed by atoms with E-state index in [9.17, 15) is 9.59 Å². The number of amides is 2. The third kappa shape index (κ3) is 5.94. The van der Waals surface area contributed by atoms with Crippen LogP contribution in [0.1, 0.15) is 55.4 Å². The van der Waals surface area contributed by atoms with Crippen molar-refractivity contribution in [3.63, 3.8) is 0 Å². The molecule has 0 bridgehead atoms. The minimum Gasteiger partial charge on any atom is -0.326 e. The molecule has 1 heterocycles. The molecule has 0 aliphatic carbocycles. The number of anilines is 2. The molecule has 0 unspecified atom stereocenters. The molecule has 0 spiro atoms. The van der Waals surface area contributed by atoms with Crippen LogP contribution in [-0.4, -0.2) is 22.0 Å². The fraction of sp³-hybridized carbons (Fsp3) is 0.444. The smallest absolute Gasteiger partial charge is 0.257 e. The number of carbonyl (C=O) groups excluding carboxylic acids is 2. The Labute approximate surface area is 152 Å². The number of rotatable bonds is 8. The van der Waals surface area contributed by atoms with Crippen LogP contribution in [0.5, 0.6) is 0 Å². The molecule has 2 aromatic rings. The Morgan fingerprint density at radius 1 is 1.08 bits per heavy atom. The van der Waals surface area contributed by atoms with E-state index in [1.807, 2.05) is 13.8 Å². The fourth-order valence-corrected chi connectivity index (χ4v) is 2.87. The molecule has 6 nitrogen and oxygen atoms in total. The second-order valence-corrected chi connectivity index (χ2v) is 7.20. The molecular formula is C18H24N4O2S. The lowest BCUT2D eigenvalue weighted by molar-refractivity contribution is -0.118. The van der Waals surface area contributed by atoms with Crippen molar-refractivity contribution < 1.29 is 9.59 Å². The number of aryl methyl sites for hydroxylation is 1. The second-order valence-electron chi connectivity index (χ2n) is 6.13. The van der Waals surface area contributed by atoms with Crippen LogP contribution in [0.25, 0.3) is 0 Å². The van der Waals surface area contributed by atoms with Gasteiger partial charge in [-0.15, -0.1) is 10.2 Å². The summed E-state index contributed by atoms with van der Waals surface area (Å²) >= 11 is 1.41. The zero-order valence-corrected chi connectivity index (χ0v) is 15.7. The van der Waals surface area contributed by atoms with Crippen LogP contribution in [0.2, 0.25) is 0 Å². The van der Waals surface area contributed by atoms with Gasteiger partial charge in [0.2, 0.25) is 11.0 Å². The first-order valence-corrected chi connectivity index (χ1v) is 9.36. The van der Waals surface area contributed by atoms with Gasteiger partial charge < -0.3 is 5.32 Å². The second kappa shape index (κ2) is 9.27. The van der Waals surface area contributed by atoms with Crippen LogP contribution in [0.4, 0.5) is 10.8 Å². The van der Waals surface area contributed by atoms with Gasteiger partial charge >= 0.3 is 0 Å². The van der Waals surface area contributed by atoms with Crippen molar-refractivity contribution in [3.05, 3.63) is 34.8 Å². The van der Waals surface area contributed by atoms with Gasteiger partial charge in [0.25, 0.3) is 5.91 Å². The van der Waals surface area contributed by atoms with E-state index < -0.39 is 0 Å².